The van der Waals surface area contributed by atoms with Gasteiger partial charge in [-0.1, -0.05) is 11.3 Å². The Balaban J connectivity index is 2.36. The minimum Gasteiger partial charge on any atom is -0.315 e. The first-order valence-electron chi connectivity index (χ1n) is 5.34. The summed E-state index contributed by atoms with van der Waals surface area (Å²) in [4.78, 5) is 13.3. The number of nitrogens with one attached hydrogen (secondary N) is 2. The molecule has 0 amide bonds. The zero-order valence-corrected chi connectivity index (χ0v) is 11.3. The maximum atomic E-state index is 12.3. The maximum absolute atomic E-state index is 12.3. The molecule has 0 bridgehead atoms. The molecule has 1 fully saturated rings. The van der Waals surface area contributed by atoms with Crippen LogP contribution >= 0.6 is 11.3 Å². The number of hydrogen-bond acceptors (Lipinski definition) is 5. The molecule has 2 heterocycles. The van der Waals surface area contributed by atoms with Crippen molar-refractivity contribution in [1.29, 1.82) is 0 Å². The SMILES string of the molecule is Cc1[nH]c(=O)sc1S(=O)(=O)N1CCNC(C)C1. The zero-order valence-electron chi connectivity index (χ0n) is 9.69. The van der Waals surface area contributed by atoms with Gasteiger partial charge in [0, 0.05) is 31.4 Å². The van der Waals surface area contributed by atoms with Gasteiger partial charge in [0.15, 0.2) is 4.21 Å². The van der Waals surface area contributed by atoms with Crippen LogP contribution in [0.1, 0.15) is 12.6 Å². The normalized spacial score (nSPS) is 22.8. The summed E-state index contributed by atoms with van der Waals surface area (Å²) in [6.45, 7) is 5.06. The third-order valence-corrected chi connectivity index (χ3v) is 6.13. The van der Waals surface area contributed by atoms with Crippen LogP contribution in [0.15, 0.2) is 9.00 Å². The van der Waals surface area contributed by atoms with Crippen LogP contribution in [0.4, 0.5) is 0 Å². The van der Waals surface area contributed by atoms with Gasteiger partial charge in [-0.3, -0.25) is 4.79 Å². The summed E-state index contributed by atoms with van der Waals surface area (Å²) in [5.41, 5.74) is 0.422. The highest BCUT2D eigenvalue weighted by Gasteiger charge is 2.31. The summed E-state index contributed by atoms with van der Waals surface area (Å²) in [5.74, 6) is 0. The van der Waals surface area contributed by atoms with Gasteiger partial charge in [0.2, 0.25) is 0 Å². The van der Waals surface area contributed by atoms with Crippen molar-refractivity contribution in [2.24, 2.45) is 0 Å². The molecular weight excluding hydrogens is 262 g/mol. The first-order valence-corrected chi connectivity index (χ1v) is 7.60. The van der Waals surface area contributed by atoms with E-state index in [1.54, 1.807) is 6.92 Å². The largest absolute Gasteiger partial charge is 0.315 e. The lowest BCUT2D eigenvalue weighted by molar-refractivity contribution is 0.310. The van der Waals surface area contributed by atoms with Crippen molar-refractivity contribution in [1.82, 2.24) is 14.6 Å². The molecular formula is C9H15N3O3S2. The van der Waals surface area contributed by atoms with E-state index in [0.29, 0.717) is 25.3 Å². The second-order valence-corrected chi connectivity index (χ2v) is 7.26. The van der Waals surface area contributed by atoms with Crippen LogP contribution in [0.5, 0.6) is 0 Å². The van der Waals surface area contributed by atoms with Crippen LogP contribution in [0.25, 0.3) is 0 Å². The Labute approximate surface area is 104 Å². The van der Waals surface area contributed by atoms with Crippen molar-refractivity contribution >= 4 is 21.4 Å². The lowest BCUT2D eigenvalue weighted by atomic mass is 10.3. The highest BCUT2D eigenvalue weighted by Crippen LogP contribution is 2.21. The quantitative estimate of drug-likeness (QED) is 0.779. The van der Waals surface area contributed by atoms with E-state index in [1.807, 2.05) is 6.92 Å². The molecule has 1 unspecified atom stereocenters. The third-order valence-electron chi connectivity index (χ3n) is 2.69. The zero-order chi connectivity index (χ0) is 12.6. The average Bonchev–Trinajstić information content (AvgIpc) is 2.58. The minimum absolute atomic E-state index is 0.134. The summed E-state index contributed by atoms with van der Waals surface area (Å²) in [5, 5.41) is 3.18. The fraction of sp³-hybridized carbons (Fsp3) is 0.667. The first kappa shape index (κ1) is 12.7. The summed E-state index contributed by atoms with van der Waals surface area (Å²) in [6.07, 6.45) is 0. The van der Waals surface area contributed by atoms with Crippen LogP contribution in [-0.2, 0) is 10.0 Å². The van der Waals surface area contributed by atoms with Gasteiger partial charge in [-0.2, -0.15) is 4.31 Å². The van der Waals surface area contributed by atoms with Gasteiger partial charge in [0.05, 0.1) is 0 Å². The average molecular weight is 277 g/mol. The molecule has 6 nitrogen and oxygen atoms in total. The van der Waals surface area contributed by atoms with Crippen molar-refractivity contribution in [2.45, 2.75) is 24.1 Å². The number of hydrogen-bond donors (Lipinski definition) is 2. The molecule has 1 saturated heterocycles. The molecule has 2 N–H and O–H groups in total. The van der Waals surface area contributed by atoms with E-state index in [0.717, 1.165) is 11.3 Å². The minimum atomic E-state index is -3.52. The number of rotatable bonds is 2. The molecule has 0 aliphatic carbocycles. The Morgan fingerprint density at radius 1 is 1.47 bits per heavy atom. The Hall–Kier alpha value is -0.700. The van der Waals surface area contributed by atoms with Gasteiger partial charge >= 0.3 is 4.87 Å². The first-order chi connectivity index (χ1) is 7.91. The predicted octanol–water partition coefficient (Wildman–Crippen LogP) is -0.273. The fourth-order valence-corrected chi connectivity index (χ4v) is 4.83. The number of sulfonamides is 1. The van der Waals surface area contributed by atoms with E-state index in [9.17, 15) is 13.2 Å². The van der Waals surface area contributed by atoms with Gasteiger partial charge in [0.1, 0.15) is 0 Å². The topological polar surface area (TPSA) is 82.3 Å². The number of aryl methyl sites for hydroxylation is 1. The van der Waals surface area contributed by atoms with E-state index in [-0.39, 0.29) is 15.1 Å². The predicted molar refractivity (Wildman–Crippen MR) is 65.9 cm³/mol. The fourth-order valence-electron chi connectivity index (χ4n) is 1.87. The van der Waals surface area contributed by atoms with Gasteiger partial charge in [-0.15, -0.1) is 0 Å². The molecule has 0 saturated carbocycles. The molecule has 0 aromatic carbocycles. The smallest absolute Gasteiger partial charge is 0.305 e. The molecule has 1 atom stereocenters. The lowest BCUT2D eigenvalue weighted by Crippen LogP contribution is -2.51. The van der Waals surface area contributed by atoms with Crippen LogP contribution in [0.3, 0.4) is 0 Å². The molecule has 1 aliphatic heterocycles. The molecule has 1 aliphatic rings. The highest BCUT2D eigenvalue weighted by molar-refractivity contribution is 7.91. The molecule has 8 heteroatoms. The molecule has 0 radical (unpaired) electrons. The van der Waals surface area contributed by atoms with E-state index in [1.165, 1.54) is 4.31 Å². The standard InChI is InChI=1S/C9H15N3O3S2/c1-6-5-12(4-3-10-6)17(14,15)8-7(2)11-9(13)16-8/h6,10H,3-5H2,1-2H3,(H,11,13). The summed E-state index contributed by atoms with van der Waals surface area (Å²) < 4.78 is 26.2. The van der Waals surface area contributed by atoms with Crippen LogP contribution in [-0.4, -0.2) is 43.4 Å². The molecule has 1 aromatic heterocycles. The third kappa shape index (κ3) is 2.44. The Morgan fingerprint density at radius 3 is 2.71 bits per heavy atom. The summed E-state index contributed by atoms with van der Waals surface area (Å²) >= 11 is 0.755. The Bertz CT molecular complexity index is 560. The summed E-state index contributed by atoms with van der Waals surface area (Å²) in [6, 6.07) is 0.134. The monoisotopic (exact) mass is 277 g/mol. The Kier molecular flexibility index (Phi) is 3.39. The number of H-pyrrole nitrogens is 1. The number of aromatic nitrogens is 1. The highest BCUT2D eigenvalue weighted by atomic mass is 32.2. The molecule has 1 aromatic rings. The van der Waals surface area contributed by atoms with Crippen molar-refractivity contribution < 1.29 is 8.42 Å². The maximum Gasteiger partial charge on any atom is 0.305 e. The van der Waals surface area contributed by atoms with E-state index in [2.05, 4.69) is 10.3 Å². The van der Waals surface area contributed by atoms with Crippen LogP contribution < -0.4 is 10.2 Å². The molecule has 2 rings (SSSR count). The van der Waals surface area contributed by atoms with Crippen molar-refractivity contribution in [3.05, 3.63) is 15.4 Å². The van der Waals surface area contributed by atoms with Crippen LogP contribution in [0.2, 0.25) is 0 Å². The van der Waals surface area contributed by atoms with Gasteiger partial charge < -0.3 is 10.3 Å². The molecule has 17 heavy (non-hydrogen) atoms. The number of thiazole rings is 1. The Morgan fingerprint density at radius 2 is 2.18 bits per heavy atom. The number of aromatic amines is 1. The number of piperazine rings is 1. The molecule has 96 valence electrons. The van der Waals surface area contributed by atoms with Crippen molar-refractivity contribution in [3.8, 4) is 0 Å². The van der Waals surface area contributed by atoms with Gasteiger partial charge in [-0.25, -0.2) is 8.42 Å². The second-order valence-electron chi connectivity index (χ2n) is 4.15. The van der Waals surface area contributed by atoms with Crippen molar-refractivity contribution in [3.63, 3.8) is 0 Å². The van der Waals surface area contributed by atoms with Gasteiger partial charge in [-0.05, 0) is 13.8 Å². The molecule has 0 spiro atoms. The lowest BCUT2D eigenvalue weighted by Gasteiger charge is -2.30. The van der Waals surface area contributed by atoms with E-state index >= 15 is 0 Å². The summed E-state index contributed by atoms with van der Waals surface area (Å²) in [7, 11) is -3.52. The van der Waals surface area contributed by atoms with E-state index < -0.39 is 10.0 Å². The van der Waals surface area contributed by atoms with E-state index in [4.69, 9.17) is 0 Å². The van der Waals surface area contributed by atoms with Crippen LogP contribution in [0, 0.1) is 6.92 Å². The van der Waals surface area contributed by atoms with Gasteiger partial charge in [0.25, 0.3) is 10.0 Å². The second kappa shape index (κ2) is 4.52. The number of nitrogens with zero attached hydrogens (tertiary/aromatic N) is 1. The van der Waals surface area contributed by atoms with Crippen molar-refractivity contribution in [2.75, 3.05) is 19.6 Å².